The van der Waals surface area contributed by atoms with Crippen molar-refractivity contribution in [3.63, 3.8) is 0 Å². The lowest BCUT2D eigenvalue weighted by Gasteiger charge is -2.10. The number of methoxy groups -OCH3 is 1. The number of aromatic nitrogens is 3. The minimum absolute atomic E-state index is 0.154. The van der Waals surface area contributed by atoms with Gasteiger partial charge in [0.05, 0.1) is 30.2 Å². The molecular weight excluding hydrogens is 246 g/mol. The van der Waals surface area contributed by atoms with Gasteiger partial charge in [0.2, 0.25) is 0 Å². The average molecular weight is 261 g/mol. The summed E-state index contributed by atoms with van der Waals surface area (Å²) >= 11 is 0. The van der Waals surface area contributed by atoms with Crippen molar-refractivity contribution in [1.82, 2.24) is 15.0 Å². The third kappa shape index (κ3) is 3.81. The number of aryl methyl sites for hydroxylation is 1. The summed E-state index contributed by atoms with van der Waals surface area (Å²) in [6.45, 7) is 1.47. The second-order valence-electron chi connectivity index (χ2n) is 3.78. The van der Waals surface area contributed by atoms with Crippen LogP contribution in [0.5, 0.6) is 0 Å². The molecule has 0 N–H and O–H groups in total. The maximum absolute atomic E-state index is 11.9. The molecule has 96 valence electrons. The van der Waals surface area contributed by atoms with Crippen LogP contribution in [0.2, 0.25) is 0 Å². The third-order valence-electron chi connectivity index (χ3n) is 2.29. The Hall–Kier alpha value is -1.44. The van der Waals surface area contributed by atoms with Gasteiger partial charge < -0.3 is 4.74 Å². The van der Waals surface area contributed by atoms with Gasteiger partial charge in [0.15, 0.2) is 9.84 Å². The van der Waals surface area contributed by atoms with Crippen LogP contribution in [0.4, 0.5) is 0 Å². The Morgan fingerprint density at radius 3 is 2.71 bits per heavy atom. The van der Waals surface area contributed by atoms with E-state index in [1.807, 2.05) is 0 Å². The molecule has 0 saturated heterocycles. The summed E-state index contributed by atoms with van der Waals surface area (Å²) in [6, 6.07) is 0. The number of sulfone groups is 1. The maximum atomic E-state index is 11.9. The standard InChI is InChI=1S/C9H15N3O4S/c1-7(4-9(13)16-3)17(14,15)6-8-5-12(2)11-10-8/h5,7H,4,6H2,1-3H3. The maximum Gasteiger partial charge on any atom is 0.306 e. The number of hydrogen-bond donors (Lipinski definition) is 0. The summed E-state index contributed by atoms with van der Waals surface area (Å²) in [5, 5.41) is 6.55. The summed E-state index contributed by atoms with van der Waals surface area (Å²) < 4.78 is 29.6. The predicted octanol–water partition coefficient (Wildman–Crippen LogP) is -0.318. The molecule has 0 aliphatic carbocycles. The quantitative estimate of drug-likeness (QED) is 0.675. The van der Waals surface area contributed by atoms with Gasteiger partial charge in [0.1, 0.15) is 0 Å². The molecule has 1 unspecified atom stereocenters. The molecule has 0 saturated carbocycles. The summed E-state index contributed by atoms with van der Waals surface area (Å²) in [7, 11) is -0.542. The first-order chi connectivity index (χ1) is 7.85. The number of carbonyl (C=O) groups excluding carboxylic acids is 1. The number of hydrogen-bond acceptors (Lipinski definition) is 6. The first-order valence-electron chi connectivity index (χ1n) is 4.98. The van der Waals surface area contributed by atoms with E-state index in [1.54, 1.807) is 7.05 Å². The topological polar surface area (TPSA) is 91.2 Å². The zero-order valence-corrected chi connectivity index (χ0v) is 10.8. The van der Waals surface area contributed by atoms with Gasteiger partial charge in [-0.25, -0.2) is 8.42 Å². The van der Waals surface area contributed by atoms with Crippen molar-refractivity contribution in [2.45, 2.75) is 24.3 Å². The molecule has 0 amide bonds. The van der Waals surface area contributed by atoms with E-state index in [9.17, 15) is 13.2 Å². The first kappa shape index (κ1) is 13.6. The van der Waals surface area contributed by atoms with E-state index in [4.69, 9.17) is 0 Å². The Labute approximate surface area is 99.7 Å². The smallest absolute Gasteiger partial charge is 0.306 e. The number of rotatable bonds is 5. The average Bonchev–Trinajstić information content (AvgIpc) is 2.62. The van der Waals surface area contributed by atoms with Crippen molar-refractivity contribution in [2.24, 2.45) is 7.05 Å². The zero-order chi connectivity index (χ0) is 13.1. The van der Waals surface area contributed by atoms with Crippen LogP contribution in [-0.2, 0) is 32.2 Å². The van der Waals surface area contributed by atoms with Crippen molar-refractivity contribution in [1.29, 1.82) is 0 Å². The van der Waals surface area contributed by atoms with Gasteiger partial charge in [0, 0.05) is 13.2 Å². The number of carbonyl (C=O) groups is 1. The Kier molecular flexibility index (Phi) is 4.22. The van der Waals surface area contributed by atoms with E-state index in [1.165, 1.54) is 24.9 Å². The highest BCUT2D eigenvalue weighted by Crippen LogP contribution is 2.12. The molecule has 1 aromatic rings. The van der Waals surface area contributed by atoms with Crippen molar-refractivity contribution in [3.8, 4) is 0 Å². The lowest BCUT2D eigenvalue weighted by Crippen LogP contribution is -2.23. The Bertz CT molecular complexity index is 494. The molecule has 1 heterocycles. The largest absolute Gasteiger partial charge is 0.469 e. The monoisotopic (exact) mass is 261 g/mol. The van der Waals surface area contributed by atoms with Gasteiger partial charge >= 0.3 is 5.97 Å². The third-order valence-corrected chi connectivity index (χ3v) is 4.38. The Morgan fingerprint density at radius 1 is 1.59 bits per heavy atom. The van der Waals surface area contributed by atoms with Crippen molar-refractivity contribution >= 4 is 15.8 Å². The molecular formula is C9H15N3O4S. The Morgan fingerprint density at radius 2 is 2.24 bits per heavy atom. The van der Waals surface area contributed by atoms with E-state index in [-0.39, 0.29) is 12.2 Å². The van der Waals surface area contributed by atoms with E-state index in [2.05, 4.69) is 15.0 Å². The van der Waals surface area contributed by atoms with Gasteiger partial charge in [-0.2, -0.15) is 0 Å². The lowest BCUT2D eigenvalue weighted by atomic mass is 10.3. The summed E-state index contributed by atoms with van der Waals surface area (Å²) in [5.74, 6) is -0.765. The van der Waals surface area contributed by atoms with Crippen LogP contribution < -0.4 is 0 Å². The molecule has 0 fully saturated rings. The molecule has 0 aliphatic rings. The Balaban J connectivity index is 2.71. The number of esters is 1. The van der Waals surface area contributed by atoms with Crippen LogP contribution >= 0.6 is 0 Å². The molecule has 1 aromatic heterocycles. The van der Waals surface area contributed by atoms with E-state index < -0.39 is 21.1 Å². The summed E-state index contributed by atoms with van der Waals surface area (Å²) in [4.78, 5) is 11.0. The fraction of sp³-hybridized carbons (Fsp3) is 0.667. The van der Waals surface area contributed by atoms with Crippen LogP contribution in [0.3, 0.4) is 0 Å². The highest BCUT2D eigenvalue weighted by molar-refractivity contribution is 7.91. The SMILES string of the molecule is COC(=O)CC(C)S(=O)(=O)Cc1cn(C)nn1. The molecule has 17 heavy (non-hydrogen) atoms. The van der Waals surface area contributed by atoms with Gasteiger partial charge in [-0.05, 0) is 6.92 Å². The second kappa shape index (κ2) is 5.26. The highest BCUT2D eigenvalue weighted by Gasteiger charge is 2.25. The van der Waals surface area contributed by atoms with Gasteiger partial charge in [-0.15, -0.1) is 5.10 Å². The molecule has 0 aromatic carbocycles. The van der Waals surface area contributed by atoms with Crippen molar-refractivity contribution in [3.05, 3.63) is 11.9 Å². The summed E-state index contributed by atoms with van der Waals surface area (Å²) in [5.41, 5.74) is 0.365. The van der Waals surface area contributed by atoms with E-state index in [0.717, 1.165) is 0 Å². The van der Waals surface area contributed by atoms with E-state index >= 15 is 0 Å². The molecule has 1 rings (SSSR count). The highest BCUT2D eigenvalue weighted by atomic mass is 32.2. The van der Waals surface area contributed by atoms with Crippen LogP contribution in [0.25, 0.3) is 0 Å². The molecule has 0 spiro atoms. The number of ether oxygens (including phenoxy) is 1. The molecule has 1 atom stereocenters. The van der Waals surface area contributed by atoms with Gasteiger partial charge in [0.25, 0.3) is 0 Å². The predicted molar refractivity (Wildman–Crippen MR) is 59.7 cm³/mol. The van der Waals surface area contributed by atoms with Gasteiger partial charge in [-0.1, -0.05) is 5.21 Å². The molecule has 7 nitrogen and oxygen atoms in total. The fourth-order valence-electron chi connectivity index (χ4n) is 1.25. The lowest BCUT2D eigenvalue weighted by molar-refractivity contribution is -0.140. The first-order valence-corrected chi connectivity index (χ1v) is 6.70. The van der Waals surface area contributed by atoms with Crippen LogP contribution in [0.1, 0.15) is 19.0 Å². The molecule has 8 heteroatoms. The molecule has 0 aliphatic heterocycles. The normalized spacial score (nSPS) is 13.4. The molecule has 0 bridgehead atoms. The molecule has 0 radical (unpaired) electrons. The zero-order valence-electron chi connectivity index (χ0n) is 9.95. The second-order valence-corrected chi connectivity index (χ2v) is 6.20. The van der Waals surface area contributed by atoms with E-state index in [0.29, 0.717) is 5.69 Å². The minimum atomic E-state index is -3.42. The number of nitrogens with zero attached hydrogens (tertiary/aromatic N) is 3. The van der Waals surface area contributed by atoms with Crippen LogP contribution in [0, 0.1) is 0 Å². The van der Waals surface area contributed by atoms with Crippen LogP contribution in [-0.4, -0.2) is 41.7 Å². The minimum Gasteiger partial charge on any atom is -0.469 e. The van der Waals surface area contributed by atoms with Crippen molar-refractivity contribution < 1.29 is 17.9 Å². The fourth-order valence-corrected chi connectivity index (χ4v) is 2.47. The van der Waals surface area contributed by atoms with Crippen LogP contribution in [0.15, 0.2) is 6.20 Å². The summed E-state index contributed by atoms with van der Waals surface area (Å²) in [6.07, 6.45) is 1.38. The van der Waals surface area contributed by atoms with Crippen molar-refractivity contribution in [2.75, 3.05) is 7.11 Å². The van der Waals surface area contributed by atoms with Gasteiger partial charge in [-0.3, -0.25) is 9.48 Å².